The van der Waals surface area contributed by atoms with Gasteiger partial charge in [-0.15, -0.1) is 0 Å². The molecule has 0 fully saturated rings. The van der Waals surface area contributed by atoms with Gasteiger partial charge in [0.1, 0.15) is 5.54 Å². The standard InChI is InChI=1S/C18H21N3/c1-18(14-19,20-13-15-7-5-4-6-8-15)16-9-11-17(12-10-16)21(2)3/h4-12,20H,13H2,1-3H3. The van der Waals surface area contributed by atoms with Crippen molar-refractivity contribution in [3.05, 3.63) is 65.7 Å². The molecule has 0 aliphatic carbocycles. The Morgan fingerprint density at radius 3 is 2.19 bits per heavy atom. The molecule has 0 heterocycles. The quantitative estimate of drug-likeness (QED) is 0.913. The second-order valence-corrected chi connectivity index (χ2v) is 5.52. The van der Waals surface area contributed by atoms with Gasteiger partial charge in [0.25, 0.3) is 0 Å². The highest BCUT2D eigenvalue weighted by atomic mass is 15.1. The van der Waals surface area contributed by atoms with Gasteiger partial charge in [-0.05, 0) is 30.2 Å². The highest BCUT2D eigenvalue weighted by Gasteiger charge is 2.25. The molecular weight excluding hydrogens is 258 g/mol. The molecule has 108 valence electrons. The van der Waals surface area contributed by atoms with Crippen LogP contribution < -0.4 is 10.2 Å². The molecule has 0 amide bonds. The number of hydrogen-bond acceptors (Lipinski definition) is 3. The van der Waals surface area contributed by atoms with E-state index in [2.05, 4.69) is 23.5 Å². The van der Waals surface area contributed by atoms with E-state index in [1.165, 1.54) is 5.56 Å². The molecule has 21 heavy (non-hydrogen) atoms. The van der Waals surface area contributed by atoms with Crippen molar-refractivity contribution in [1.29, 1.82) is 5.26 Å². The lowest BCUT2D eigenvalue weighted by Crippen LogP contribution is -2.37. The molecule has 1 unspecified atom stereocenters. The smallest absolute Gasteiger partial charge is 0.129 e. The molecule has 0 spiro atoms. The third-order valence-electron chi connectivity index (χ3n) is 3.67. The molecule has 0 aliphatic heterocycles. The summed E-state index contributed by atoms with van der Waals surface area (Å²) < 4.78 is 0. The first-order chi connectivity index (χ1) is 10.0. The van der Waals surface area contributed by atoms with Gasteiger partial charge in [-0.25, -0.2) is 0 Å². The van der Waals surface area contributed by atoms with E-state index in [9.17, 15) is 5.26 Å². The van der Waals surface area contributed by atoms with Gasteiger partial charge in [0.2, 0.25) is 0 Å². The van der Waals surface area contributed by atoms with Gasteiger partial charge in [-0.1, -0.05) is 42.5 Å². The van der Waals surface area contributed by atoms with Crippen molar-refractivity contribution in [2.45, 2.75) is 19.0 Å². The average Bonchev–Trinajstić information content (AvgIpc) is 2.53. The minimum atomic E-state index is -0.694. The largest absolute Gasteiger partial charge is 0.378 e. The lowest BCUT2D eigenvalue weighted by atomic mass is 9.93. The molecule has 0 radical (unpaired) electrons. The number of hydrogen-bond donors (Lipinski definition) is 1. The second-order valence-electron chi connectivity index (χ2n) is 5.52. The summed E-state index contributed by atoms with van der Waals surface area (Å²) in [5, 5.41) is 12.9. The van der Waals surface area contributed by atoms with Gasteiger partial charge in [0, 0.05) is 26.3 Å². The number of benzene rings is 2. The summed E-state index contributed by atoms with van der Waals surface area (Å²) in [5.41, 5.74) is 2.58. The molecule has 2 rings (SSSR count). The summed E-state index contributed by atoms with van der Waals surface area (Å²) in [4.78, 5) is 2.05. The Morgan fingerprint density at radius 1 is 1.05 bits per heavy atom. The molecule has 2 aromatic carbocycles. The summed E-state index contributed by atoms with van der Waals surface area (Å²) in [7, 11) is 4.01. The number of nitrogens with one attached hydrogen (secondary N) is 1. The summed E-state index contributed by atoms with van der Waals surface area (Å²) in [6.07, 6.45) is 0. The maximum Gasteiger partial charge on any atom is 0.129 e. The molecule has 3 heteroatoms. The minimum Gasteiger partial charge on any atom is -0.378 e. The Hall–Kier alpha value is -2.31. The van der Waals surface area contributed by atoms with E-state index in [1.54, 1.807) is 0 Å². The average molecular weight is 279 g/mol. The molecular formula is C18H21N3. The fourth-order valence-electron chi connectivity index (χ4n) is 2.17. The summed E-state index contributed by atoms with van der Waals surface area (Å²) in [6.45, 7) is 2.58. The normalized spacial score (nSPS) is 13.2. The molecule has 2 aromatic rings. The number of anilines is 1. The van der Waals surface area contributed by atoms with Crippen LogP contribution in [0.5, 0.6) is 0 Å². The maximum atomic E-state index is 9.57. The monoisotopic (exact) mass is 279 g/mol. The summed E-state index contributed by atoms with van der Waals surface area (Å²) >= 11 is 0. The van der Waals surface area contributed by atoms with Gasteiger partial charge in [-0.3, -0.25) is 5.32 Å². The fourth-order valence-corrected chi connectivity index (χ4v) is 2.17. The van der Waals surface area contributed by atoms with Crippen LogP contribution >= 0.6 is 0 Å². The van der Waals surface area contributed by atoms with Crippen LogP contribution in [-0.4, -0.2) is 14.1 Å². The zero-order valence-corrected chi connectivity index (χ0v) is 12.8. The predicted octanol–water partition coefficient (Wildman–Crippen LogP) is 3.28. The Bertz CT molecular complexity index is 611. The first-order valence-corrected chi connectivity index (χ1v) is 7.03. The van der Waals surface area contributed by atoms with E-state index in [0.717, 1.165) is 11.3 Å². The Labute approximate surface area is 126 Å². The third-order valence-corrected chi connectivity index (χ3v) is 3.67. The van der Waals surface area contributed by atoms with Crippen LogP contribution in [0.3, 0.4) is 0 Å². The van der Waals surface area contributed by atoms with E-state index in [0.29, 0.717) is 6.54 Å². The Morgan fingerprint density at radius 2 is 1.67 bits per heavy atom. The van der Waals surface area contributed by atoms with E-state index in [4.69, 9.17) is 0 Å². The van der Waals surface area contributed by atoms with Crippen LogP contribution in [-0.2, 0) is 12.1 Å². The predicted molar refractivity (Wildman–Crippen MR) is 87.0 cm³/mol. The molecule has 0 saturated heterocycles. The third kappa shape index (κ3) is 3.62. The molecule has 0 aromatic heterocycles. The maximum absolute atomic E-state index is 9.57. The van der Waals surface area contributed by atoms with Crippen LogP contribution in [0.2, 0.25) is 0 Å². The van der Waals surface area contributed by atoms with E-state index in [-0.39, 0.29) is 0 Å². The molecule has 1 atom stereocenters. The second kappa shape index (κ2) is 6.43. The van der Waals surface area contributed by atoms with Gasteiger partial charge in [0.15, 0.2) is 0 Å². The topological polar surface area (TPSA) is 39.1 Å². The lowest BCUT2D eigenvalue weighted by Gasteiger charge is -2.25. The zero-order valence-electron chi connectivity index (χ0n) is 12.8. The van der Waals surface area contributed by atoms with Crippen LogP contribution in [0.15, 0.2) is 54.6 Å². The number of nitriles is 1. The SMILES string of the molecule is CN(C)c1ccc(C(C)(C#N)NCc2ccccc2)cc1. The number of rotatable bonds is 5. The van der Waals surface area contributed by atoms with Gasteiger partial charge < -0.3 is 4.90 Å². The van der Waals surface area contributed by atoms with Crippen molar-refractivity contribution < 1.29 is 0 Å². The van der Waals surface area contributed by atoms with Crippen LogP contribution in [0.1, 0.15) is 18.1 Å². The highest BCUT2D eigenvalue weighted by Crippen LogP contribution is 2.23. The lowest BCUT2D eigenvalue weighted by molar-refractivity contribution is 0.464. The van der Waals surface area contributed by atoms with Crippen molar-refractivity contribution in [3.8, 4) is 6.07 Å². The zero-order chi connectivity index (χ0) is 15.3. The molecule has 0 bridgehead atoms. The minimum absolute atomic E-state index is 0.667. The first-order valence-electron chi connectivity index (χ1n) is 7.03. The summed E-state index contributed by atoms with van der Waals surface area (Å²) in [5.74, 6) is 0. The van der Waals surface area contributed by atoms with E-state index in [1.807, 2.05) is 68.4 Å². The van der Waals surface area contributed by atoms with Crippen molar-refractivity contribution in [3.63, 3.8) is 0 Å². The Kier molecular flexibility index (Phi) is 4.62. The van der Waals surface area contributed by atoms with Crippen molar-refractivity contribution in [1.82, 2.24) is 5.32 Å². The van der Waals surface area contributed by atoms with Crippen LogP contribution in [0.4, 0.5) is 5.69 Å². The summed E-state index contributed by atoms with van der Waals surface area (Å²) in [6, 6.07) is 20.6. The van der Waals surface area contributed by atoms with E-state index < -0.39 is 5.54 Å². The highest BCUT2D eigenvalue weighted by molar-refractivity contribution is 5.48. The van der Waals surface area contributed by atoms with Crippen LogP contribution in [0.25, 0.3) is 0 Å². The molecule has 0 saturated carbocycles. The van der Waals surface area contributed by atoms with Crippen molar-refractivity contribution in [2.75, 3.05) is 19.0 Å². The molecule has 0 aliphatic rings. The van der Waals surface area contributed by atoms with Crippen LogP contribution in [0, 0.1) is 11.3 Å². The van der Waals surface area contributed by atoms with Gasteiger partial charge in [-0.2, -0.15) is 5.26 Å². The molecule has 3 nitrogen and oxygen atoms in total. The van der Waals surface area contributed by atoms with Gasteiger partial charge in [0.05, 0.1) is 6.07 Å². The fraction of sp³-hybridized carbons (Fsp3) is 0.278. The number of nitrogens with zero attached hydrogens (tertiary/aromatic N) is 2. The van der Waals surface area contributed by atoms with E-state index >= 15 is 0 Å². The first kappa shape index (κ1) is 15.1. The van der Waals surface area contributed by atoms with Crippen molar-refractivity contribution in [2.24, 2.45) is 0 Å². The van der Waals surface area contributed by atoms with Crippen molar-refractivity contribution >= 4 is 5.69 Å². The Balaban J connectivity index is 2.15. The van der Waals surface area contributed by atoms with Gasteiger partial charge >= 0.3 is 0 Å². The molecule has 1 N–H and O–H groups in total.